The molecular weight excluding hydrogens is 453 g/mol. The summed E-state index contributed by atoms with van der Waals surface area (Å²) < 4.78 is 78.0. The molecule has 3 aliphatic rings. The lowest BCUT2D eigenvalue weighted by Gasteiger charge is -2.41. The average molecular weight is 480 g/mol. The standard InChI is InChI=1S/C24H25F3N2O5/c1-31-21-19(32-13-15-10-23(26,27)11-15)6-5-18(28-21)22(30)29-8-7-24(20(12-29)33-14-34-24)16-3-2-4-17(25)9-16/h2-6,9,15,20H,7-8,10-14H2,1H3/i14D2. The third-order valence-electron chi connectivity index (χ3n) is 6.56. The molecule has 1 aromatic carbocycles. The monoisotopic (exact) mass is 480 g/mol. The molecule has 5 rings (SSSR count). The van der Waals surface area contributed by atoms with Crippen LogP contribution in [-0.2, 0) is 15.1 Å². The highest BCUT2D eigenvalue weighted by Gasteiger charge is 2.51. The Balaban J connectivity index is 1.30. The van der Waals surface area contributed by atoms with Crippen LogP contribution in [0, 0.1) is 11.7 Å². The highest BCUT2D eigenvalue weighted by atomic mass is 19.3. The molecule has 7 nitrogen and oxygen atoms in total. The van der Waals surface area contributed by atoms with Crippen LogP contribution in [0.4, 0.5) is 13.2 Å². The number of pyridine rings is 1. The maximum Gasteiger partial charge on any atom is 0.272 e. The first-order chi connectivity index (χ1) is 17.0. The topological polar surface area (TPSA) is 70.1 Å². The van der Waals surface area contributed by atoms with E-state index < -0.39 is 36.1 Å². The Morgan fingerprint density at radius 1 is 1.32 bits per heavy atom. The van der Waals surface area contributed by atoms with E-state index in [0.29, 0.717) is 5.56 Å². The van der Waals surface area contributed by atoms with Crippen molar-refractivity contribution < 1.29 is 39.7 Å². The van der Waals surface area contributed by atoms with Gasteiger partial charge < -0.3 is 23.8 Å². The summed E-state index contributed by atoms with van der Waals surface area (Å²) in [6.07, 6.45) is -1.15. The fourth-order valence-electron chi connectivity index (χ4n) is 4.71. The first kappa shape index (κ1) is 20.5. The van der Waals surface area contributed by atoms with Crippen LogP contribution in [0.3, 0.4) is 0 Å². The molecule has 0 spiro atoms. The van der Waals surface area contributed by atoms with Crippen molar-refractivity contribution >= 4 is 5.91 Å². The number of hydrogen-bond acceptors (Lipinski definition) is 6. The maximum atomic E-state index is 13.9. The molecule has 0 bridgehead atoms. The summed E-state index contributed by atoms with van der Waals surface area (Å²) in [5.74, 6) is -3.53. The lowest BCUT2D eigenvalue weighted by molar-refractivity contribution is -0.119. The fourth-order valence-corrected chi connectivity index (χ4v) is 4.71. The molecular formula is C24H25F3N2O5. The highest BCUT2D eigenvalue weighted by Crippen LogP contribution is 2.44. The van der Waals surface area contributed by atoms with E-state index in [4.69, 9.17) is 21.7 Å². The van der Waals surface area contributed by atoms with Crippen LogP contribution in [0.5, 0.6) is 11.6 Å². The van der Waals surface area contributed by atoms with E-state index in [1.54, 1.807) is 6.07 Å². The Kier molecular flexibility index (Phi) is 5.27. The van der Waals surface area contributed by atoms with Gasteiger partial charge in [-0.3, -0.25) is 4.79 Å². The zero-order valence-electron chi connectivity index (χ0n) is 20.4. The van der Waals surface area contributed by atoms with Gasteiger partial charge in [-0.1, -0.05) is 12.1 Å². The third kappa shape index (κ3) is 4.20. The predicted octanol–water partition coefficient (Wildman–Crippen LogP) is 3.77. The van der Waals surface area contributed by atoms with Crippen LogP contribution in [-0.4, -0.2) is 61.4 Å². The molecule has 2 aromatic rings. The summed E-state index contributed by atoms with van der Waals surface area (Å²) in [4.78, 5) is 19.0. The zero-order valence-corrected chi connectivity index (χ0v) is 18.4. The second-order valence-electron chi connectivity index (χ2n) is 8.84. The van der Waals surface area contributed by atoms with E-state index >= 15 is 0 Å². The van der Waals surface area contributed by atoms with Gasteiger partial charge in [0.1, 0.15) is 30.0 Å². The van der Waals surface area contributed by atoms with Crippen molar-refractivity contribution in [2.24, 2.45) is 5.92 Å². The molecule has 2 atom stereocenters. The van der Waals surface area contributed by atoms with E-state index in [-0.39, 0.29) is 62.2 Å². The summed E-state index contributed by atoms with van der Waals surface area (Å²) >= 11 is 0. The van der Waals surface area contributed by atoms with Crippen molar-refractivity contribution in [1.82, 2.24) is 9.88 Å². The minimum Gasteiger partial charge on any atom is -0.488 e. The summed E-state index contributed by atoms with van der Waals surface area (Å²) in [6.45, 7) is -2.13. The number of amides is 1. The van der Waals surface area contributed by atoms with Crippen LogP contribution < -0.4 is 9.47 Å². The smallest absolute Gasteiger partial charge is 0.272 e. The van der Waals surface area contributed by atoms with Gasteiger partial charge in [0.15, 0.2) is 5.75 Å². The number of halogens is 3. The molecule has 0 radical (unpaired) electrons. The number of piperidine rings is 1. The second-order valence-corrected chi connectivity index (χ2v) is 8.84. The number of carbonyl (C=O) groups is 1. The van der Waals surface area contributed by atoms with Gasteiger partial charge in [0.25, 0.3) is 11.8 Å². The molecule has 2 aliphatic heterocycles. The van der Waals surface area contributed by atoms with Gasteiger partial charge in [-0.05, 0) is 29.8 Å². The van der Waals surface area contributed by atoms with Crippen LogP contribution in [0.1, 0.15) is 38.1 Å². The lowest BCUT2D eigenvalue weighted by Crippen LogP contribution is -2.53. The minimum absolute atomic E-state index is 0.00695. The second kappa shape index (κ2) is 8.74. The van der Waals surface area contributed by atoms with Crippen molar-refractivity contribution in [1.29, 1.82) is 0 Å². The van der Waals surface area contributed by atoms with Crippen LogP contribution >= 0.6 is 0 Å². The number of alkyl halides is 2. The molecule has 3 fully saturated rings. The van der Waals surface area contributed by atoms with Crippen molar-refractivity contribution in [2.45, 2.75) is 36.9 Å². The largest absolute Gasteiger partial charge is 0.488 e. The molecule has 10 heteroatoms. The molecule has 0 N–H and O–H groups in total. The Labute approximate surface area is 197 Å². The van der Waals surface area contributed by atoms with Gasteiger partial charge in [0.2, 0.25) is 5.92 Å². The molecule has 34 heavy (non-hydrogen) atoms. The van der Waals surface area contributed by atoms with Gasteiger partial charge in [-0.25, -0.2) is 18.2 Å². The van der Waals surface area contributed by atoms with E-state index in [1.807, 2.05) is 0 Å². The summed E-state index contributed by atoms with van der Waals surface area (Å²) in [5, 5.41) is 0. The number of carbonyl (C=O) groups excluding carboxylic acids is 1. The van der Waals surface area contributed by atoms with Crippen molar-refractivity contribution in [3.8, 4) is 11.6 Å². The molecule has 1 amide bonds. The van der Waals surface area contributed by atoms with E-state index in [0.717, 1.165) is 0 Å². The summed E-state index contributed by atoms with van der Waals surface area (Å²) in [6, 6.07) is 8.69. The number of aromatic nitrogens is 1. The SMILES string of the molecule is [2H]C1([2H])OC2CN(C(=O)c3ccc(OCC4CC(F)(F)C4)c(OC)n3)CCC2(c2cccc(F)c2)O1. The van der Waals surface area contributed by atoms with Crippen LogP contribution in [0.2, 0.25) is 0 Å². The number of ether oxygens (including phenoxy) is 4. The number of rotatable bonds is 6. The van der Waals surface area contributed by atoms with Gasteiger partial charge in [-0.15, -0.1) is 0 Å². The molecule has 2 saturated heterocycles. The first-order valence-corrected chi connectivity index (χ1v) is 11.0. The van der Waals surface area contributed by atoms with Crippen molar-refractivity contribution in [3.63, 3.8) is 0 Å². The quantitative estimate of drug-likeness (QED) is 0.627. The molecule has 3 heterocycles. The summed E-state index contributed by atoms with van der Waals surface area (Å²) in [5.41, 5.74) is -0.746. The van der Waals surface area contributed by atoms with E-state index in [1.165, 1.54) is 42.3 Å². The van der Waals surface area contributed by atoms with Gasteiger partial charge in [0, 0.05) is 31.7 Å². The number of fused-ring (bicyclic) bond motifs is 1. The first-order valence-electron chi connectivity index (χ1n) is 12.0. The minimum atomic E-state index is -2.64. The molecule has 1 aromatic heterocycles. The normalized spacial score (nSPS) is 28.4. The molecule has 1 aliphatic carbocycles. The zero-order chi connectivity index (χ0) is 25.7. The Morgan fingerprint density at radius 3 is 2.88 bits per heavy atom. The number of hydrogen-bond donors (Lipinski definition) is 0. The third-order valence-corrected chi connectivity index (χ3v) is 6.56. The van der Waals surface area contributed by atoms with Gasteiger partial charge in [-0.2, -0.15) is 0 Å². The maximum absolute atomic E-state index is 13.9. The van der Waals surface area contributed by atoms with Gasteiger partial charge in [0.05, 0.1) is 23.0 Å². The van der Waals surface area contributed by atoms with Crippen LogP contribution in [0.25, 0.3) is 0 Å². The number of methoxy groups -OCH3 is 1. The van der Waals surface area contributed by atoms with Crippen molar-refractivity contribution in [2.75, 3.05) is 33.6 Å². The Morgan fingerprint density at radius 2 is 2.15 bits per heavy atom. The number of benzene rings is 1. The Hall–Kier alpha value is -2.85. The molecule has 1 saturated carbocycles. The summed E-state index contributed by atoms with van der Waals surface area (Å²) in [7, 11) is 1.36. The lowest BCUT2D eigenvalue weighted by atomic mass is 9.82. The predicted molar refractivity (Wildman–Crippen MR) is 113 cm³/mol. The van der Waals surface area contributed by atoms with E-state index in [2.05, 4.69) is 4.98 Å². The average Bonchev–Trinajstić information content (AvgIpc) is 3.11. The highest BCUT2D eigenvalue weighted by molar-refractivity contribution is 5.92. The molecule has 182 valence electrons. The number of nitrogens with zero attached hydrogens (tertiary/aromatic N) is 2. The Bertz CT molecular complexity index is 1160. The molecule has 2 unspecified atom stereocenters. The number of likely N-dealkylation sites (tertiary alicyclic amines) is 1. The van der Waals surface area contributed by atoms with Crippen molar-refractivity contribution in [3.05, 3.63) is 53.5 Å². The van der Waals surface area contributed by atoms with Gasteiger partial charge >= 0.3 is 0 Å². The van der Waals surface area contributed by atoms with Crippen LogP contribution in [0.15, 0.2) is 36.4 Å². The fraction of sp³-hybridized carbons (Fsp3) is 0.500. The van der Waals surface area contributed by atoms with E-state index in [9.17, 15) is 18.0 Å².